The molecule has 5 heteroatoms. The highest BCUT2D eigenvalue weighted by molar-refractivity contribution is 5.70. The van der Waals surface area contributed by atoms with Crippen LogP contribution in [0, 0.1) is 6.92 Å². The number of aliphatic hydroxyl groups is 1. The lowest BCUT2D eigenvalue weighted by molar-refractivity contribution is 0.276. The summed E-state index contributed by atoms with van der Waals surface area (Å²) in [6, 6.07) is 9.57. The number of fused-ring (bicyclic) bond motifs is 1. The number of aliphatic hydroxyl groups excluding tert-OH is 1. The molecule has 3 rings (SSSR count). The number of pyridine rings is 1. The number of nitrogens with zero attached hydrogens (tertiary/aromatic N) is 2. The Morgan fingerprint density at radius 2 is 1.91 bits per heavy atom. The minimum Gasteiger partial charge on any atom is -0.493 e. The topological polar surface area (TPSA) is 56.0 Å². The van der Waals surface area contributed by atoms with Gasteiger partial charge in [0.1, 0.15) is 5.65 Å². The second kappa shape index (κ2) is 5.69. The largest absolute Gasteiger partial charge is 0.493 e. The second-order valence-electron chi connectivity index (χ2n) is 5.02. The lowest BCUT2D eigenvalue weighted by Crippen LogP contribution is -1.95. The molecule has 0 aliphatic rings. The Bertz CT molecular complexity index is 824. The van der Waals surface area contributed by atoms with E-state index >= 15 is 0 Å². The monoisotopic (exact) mass is 298 g/mol. The Labute approximate surface area is 128 Å². The molecule has 3 aromatic rings. The molecule has 0 saturated heterocycles. The van der Waals surface area contributed by atoms with Crippen LogP contribution >= 0.6 is 0 Å². The number of hydrogen-bond donors (Lipinski definition) is 1. The SMILES string of the molecule is COc1ccc(-c2nc3c(C)cccn3c2CO)cc1OC. The van der Waals surface area contributed by atoms with Gasteiger partial charge >= 0.3 is 0 Å². The number of methoxy groups -OCH3 is 2. The number of aromatic nitrogens is 2. The summed E-state index contributed by atoms with van der Waals surface area (Å²) in [5.74, 6) is 1.30. The molecular formula is C17H18N2O3. The van der Waals surface area contributed by atoms with Crippen molar-refractivity contribution in [1.29, 1.82) is 0 Å². The van der Waals surface area contributed by atoms with Crippen molar-refractivity contribution in [3.05, 3.63) is 47.8 Å². The van der Waals surface area contributed by atoms with Crippen LogP contribution in [0.1, 0.15) is 11.3 Å². The fourth-order valence-electron chi connectivity index (χ4n) is 2.62. The normalized spacial score (nSPS) is 10.9. The van der Waals surface area contributed by atoms with E-state index in [-0.39, 0.29) is 6.61 Å². The Balaban J connectivity index is 2.24. The Hall–Kier alpha value is -2.53. The fraction of sp³-hybridized carbons (Fsp3) is 0.235. The van der Waals surface area contributed by atoms with E-state index in [1.165, 1.54) is 0 Å². The lowest BCUT2D eigenvalue weighted by atomic mass is 10.1. The Kier molecular flexibility index (Phi) is 3.73. The molecule has 2 aromatic heterocycles. The summed E-state index contributed by atoms with van der Waals surface area (Å²) < 4.78 is 12.5. The van der Waals surface area contributed by atoms with Gasteiger partial charge in [-0.25, -0.2) is 4.98 Å². The third kappa shape index (κ3) is 2.19. The van der Waals surface area contributed by atoms with Crippen LogP contribution in [-0.4, -0.2) is 28.7 Å². The third-order valence-electron chi connectivity index (χ3n) is 3.75. The third-order valence-corrected chi connectivity index (χ3v) is 3.75. The highest BCUT2D eigenvalue weighted by Crippen LogP contribution is 2.34. The van der Waals surface area contributed by atoms with Crippen LogP contribution in [0.5, 0.6) is 11.5 Å². The van der Waals surface area contributed by atoms with Gasteiger partial charge in [-0.2, -0.15) is 0 Å². The molecular weight excluding hydrogens is 280 g/mol. The van der Waals surface area contributed by atoms with Gasteiger partial charge in [0.15, 0.2) is 11.5 Å². The summed E-state index contributed by atoms with van der Waals surface area (Å²) in [5, 5.41) is 9.77. The smallest absolute Gasteiger partial charge is 0.161 e. The molecule has 0 unspecified atom stereocenters. The minimum atomic E-state index is -0.0890. The van der Waals surface area contributed by atoms with Gasteiger partial charge in [-0.05, 0) is 36.8 Å². The zero-order valence-electron chi connectivity index (χ0n) is 12.8. The summed E-state index contributed by atoms with van der Waals surface area (Å²) >= 11 is 0. The van der Waals surface area contributed by atoms with Crippen molar-refractivity contribution < 1.29 is 14.6 Å². The zero-order valence-corrected chi connectivity index (χ0v) is 12.8. The molecule has 22 heavy (non-hydrogen) atoms. The van der Waals surface area contributed by atoms with Crippen molar-refractivity contribution in [2.45, 2.75) is 13.5 Å². The molecule has 0 radical (unpaired) electrons. The maximum Gasteiger partial charge on any atom is 0.161 e. The predicted octanol–water partition coefficient (Wildman–Crippen LogP) is 2.82. The summed E-state index contributed by atoms with van der Waals surface area (Å²) in [4.78, 5) is 4.69. The fourth-order valence-corrected chi connectivity index (χ4v) is 2.62. The van der Waals surface area contributed by atoms with E-state index in [1.54, 1.807) is 14.2 Å². The molecule has 5 nitrogen and oxygen atoms in total. The van der Waals surface area contributed by atoms with E-state index in [0.717, 1.165) is 28.2 Å². The number of imidazole rings is 1. The van der Waals surface area contributed by atoms with Gasteiger partial charge in [-0.3, -0.25) is 0 Å². The van der Waals surface area contributed by atoms with Gasteiger partial charge in [-0.1, -0.05) is 6.07 Å². The van der Waals surface area contributed by atoms with Gasteiger partial charge in [-0.15, -0.1) is 0 Å². The van der Waals surface area contributed by atoms with E-state index in [4.69, 9.17) is 14.5 Å². The summed E-state index contributed by atoms with van der Waals surface area (Å²) in [6.45, 7) is 1.91. The molecule has 0 spiro atoms. The number of aryl methyl sites for hydroxylation is 1. The zero-order chi connectivity index (χ0) is 15.7. The maximum absolute atomic E-state index is 9.77. The molecule has 0 bridgehead atoms. The van der Waals surface area contributed by atoms with E-state index in [0.29, 0.717) is 11.5 Å². The average molecular weight is 298 g/mol. The van der Waals surface area contributed by atoms with Crippen molar-refractivity contribution in [3.8, 4) is 22.8 Å². The van der Waals surface area contributed by atoms with Crippen LogP contribution < -0.4 is 9.47 Å². The van der Waals surface area contributed by atoms with Crippen molar-refractivity contribution in [1.82, 2.24) is 9.38 Å². The van der Waals surface area contributed by atoms with Crippen molar-refractivity contribution in [3.63, 3.8) is 0 Å². The number of rotatable bonds is 4. The Morgan fingerprint density at radius 3 is 2.59 bits per heavy atom. The van der Waals surface area contributed by atoms with Crippen molar-refractivity contribution in [2.75, 3.05) is 14.2 Å². The van der Waals surface area contributed by atoms with E-state index < -0.39 is 0 Å². The first-order chi connectivity index (χ1) is 10.7. The van der Waals surface area contributed by atoms with E-state index in [1.807, 2.05) is 47.9 Å². The standard InChI is InChI=1S/C17H18N2O3/c1-11-5-4-8-19-13(10-20)16(18-17(11)19)12-6-7-14(21-2)15(9-12)22-3/h4-9,20H,10H2,1-3H3. The van der Waals surface area contributed by atoms with Crippen LogP contribution in [0.15, 0.2) is 36.5 Å². The summed E-state index contributed by atoms with van der Waals surface area (Å²) in [6.07, 6.45) is 1.91. The molecule has 2 heterocycles. The van der Waals surface area contributed by atoms with Gasteiger partial charge < -0.3 is 19.0 Å². The first-order valence-electron chi connectivity index (χ1n) is 6.99. The van der Waals surface area contributed by atoms with Gasteiger partial charge in [0.05, 0.1) is 32.2 Å². The van der Waals surface area contributed by atoms with Gasteiger partial charge in [0.25, 0.3) is 0 Å². The summed E-state index contributed by atoms with van der Waals surface area (Å²) in [5.41, 5.74) is 4.29. The molecule has 0 aliphatic heterocycles. The number of ether oxygens (including phenoxy) is 2. The Morgan fingerprint density at radius 1 is 1.14 bits per heavy atom. The average Bonchev–Trinajstić information content (AvgIpc) is 2.94. The van der Waals surface area contributed by atoms with Gasteiger partial charge in [0, 0.05) is 11.8 Å². The highest BCUT2D eigenvalue weighted by Gasteiger charge is 2.16. The van der Waals surface area contributed by atoms with Crippen LogP contribution in [0.3, 0.4) is 0 Å². The van der Waals surface area contributed by atoms with Crippen LogP contribution in [0.2, 0.25) is 0 Å². The lowest BCUT2D eigenvalue weighted by Gasteiger charge is -2.09. The number of benzene rings is 1. The molecule has 0 fully saturated rings. The van der Waals surface area contributed by atoms with Crippen molar-refractivity contribution >= 4 is 5.65 Å². The molecule has 114 valence electrons. The first-order valence-corrected chi connectivity index (χ1v) is 6.99. The molecule has 0 aliphatic carbocycles. The molecule has 0 amide bonds. The molecule has 1 N–H and O–H groups in total. The van der Waals surface area contributed by atoms with E-state index in [9.17, 15) is 5.11 Å². The second-order valence-corrected chi connectivity index (χ2v) is 5.02. The van der Waals surface area contributed by atoms with Gasteiger partial charge in [0.2, 0.25) is 0 Å². The minimum absolute atomic E-state index is 0.0890. The van der Waals surface area contributed by atoms with Crippen LogP contribution in [-0.2, 0) is 6.61 Å². The highest BCUT2D eigenvalue weighted by atomic mass is 16.5. The summed E-state index contributed by atoms with van der Waals surface area (Å²) in [7, 11) is 3.20. The number of hydrogen-bond acceptors (Lipinski definition) is 4. The molecule has 0 atom stereocenters. The maximum atomic E-state index is 9.77. The van der Waals surface area contributed by atoms with Crippen LogP contribution in [0.25, 0.3) is 16.9 Å². The predicted molar refractivity (Wildman–Crippen MR) is 84.4 cm³/mol. The molecule has 1 aromatic carbocycles. The van der Waals surface area contributed by atoms with E-state index in [2.05, 4.69) is 0 Å². The molecule has 0 saturated carbocycles. The van der Waals surface area contributed by atoms with Crippen molar-refractivity contribution in [2.24, 2.45) is 0 Å². The van der Waals surface area contributed by atoms with Crippen LogP contribution in [0.4, 0.5) is 0 Å². The first kappa shape index (κ1) is 14.4. The quantitative estimate of drug-likeness (QED) is 0.804.